The van der Waals surface area contributed by atoms with E-state index in [-0.39, 0.29) is 15.7 Å². The van der Waals surface area contributed by atoms with Gasteiger partial charge in [-0.2, -0.15) is 0 Å². The van der Waals surface area contributed by atoms with E-state index >= 15 is 0 Å². The third-order valence-electron chi connectivity index (χ3n) is 3.38. The van der Waals surface area contributed by atoms with Crippen LogP contribution in [0, 0.1) is 15.9 Å². The minimum atomic E-state index is -0.632. The number of hydrogen-bond acceptors (Lipinski definition) is 4. The van der Waals surface area contributed by atoms with E-state index in [2.05, 4.69) is 26.6 Å². The molecule has 0 saturated carbocycles. The number of nitrogens with zero attached hydrogens (tertiary/aromatic N) is 1. The van der Waals surface area contributed by atoms with E-state index < -0.39 is 10.7 Å². The number of anilines is 1. The van der Waals surface area contributed by atoms with Crippen molar-refractivity contribution >= 4 is 27.3 Å². The van der Waals surface area contributed by atoms with Gasteiger partial charge >= 0.3 is 0 Å². The van der Waals surface area contributed by atoms with Gasteiger partial charge in [-0.3, -0.25) is 10.1 Å². The highest BCUT2D eigenvalue weighted by Gasteiger charge is 2.29. The quantitative estimate of drug-likeness (QED) is 0.659. The summed E-state index contributed by atoms with van der Waals surface area (Å²) in [6.07, 6.45) is 1.72. The predicted molar refractivity (Wildman–Crippen MR) is 74.9 cm³/mol. The molecule has 0 spiro atoms. The largest absolute Gasteiger partial charge is 0.374 e. The summed E-state index contributed by atoms with van der Waals surface area (Å²) >= 11 is 3.06. The summed E-state index contributed by atoms with van der Waals surface area (Å²) < 4.78 is 13.6. The number of halogens is 2. The lowest BCUT2D eigenvalue weighted by atomic mass is 9.90. The Labute approximate surface area is 118 Å². The highest BCUT2D eigenvalue weighted by molar-refractivity contribution is 9.10. The fourth-order valence-electron chi connectivity index (χ4n) is 2.22. The number of piperidine rings is 1. The molecule has 0 aromatic heterocycles. The minimum Gasteiger partial charge on any atom is -0.374 e. The van der Waals surface area contributed by atoms with E-state index in [1.165, 1.54) is 6.07 Å². The number of nitrogens with one attached hydrogen (secondary N) is 2. The van der Waals surface area contributed by atoms with Gasteiger partial charge in [0.25, 0.3) is 5.69 Å². The lowest BCUT2D eigenvalue weighted by molar-refractivity contribution is -0.384. The number of rotatable bonds is 3. The molecule has 0 radical (unpaired) electrons. The molecule has 7 heteroatoms. The molecule has 0 bridgehead atoms. The second kappa shape index (κ2) is 5.42. The SMILES string of the molecule is CC1(Nc2cc(Br)c(F)cc2[N+](=O)[O-])CCNCC1. The topological polar surface area (TPSA) is 67.2 Å². The normalized spacial score (nSPS) is 18.1. The molecule has 2 rings (SSSR count). The third kappa shape index (κ3) is 3.22. The number of nitro benzene ring substituents is 1. The first-order valence-corrected chi connectivity index (χ1v) is 6.83. The number of hydrogen-bond donors (Lipinski definition) is 2. The van der Waals surface area contributed by atoms with Crippen LogP contribution in [-0.4, -0.2) is 23.6 Å². The number of nitro groups is 1. The Morgan fingerprint density at radius 2 is 2.11 bits per heavy atom. The smallest absolute Gasteiger partial charge is 0.295 e. The standard InChI is InChI=1S/C12H15BrFN3O2/c1-12(2-4-15-5-3-12)16-10-6-8(13)9(14)7-11(10)17(18)19/h6-7,15-16H,2-5H2,1H3. The molecule has 1 aromatic carbocycles. The van der Waals surface area contributed by atoms with E-state index in [1.54, 1.807) is 0 Å². The van der Waals surface area contributed by atoms with Gasteiger partial charge in [-0.05, 0) is 54.9 Å². The Balaban J connectivity index is 2.33. The molecule has 1 aromatic rings. The van der Waals surface area contributed by atoms with Crippen molar-refractivity contribution in [2.75, 3.05) is 18.4 Å². The molecule has 0 unspecified atom stereocenters. The Morgan fingerprint density at radius 1 is 1.47 bits per heavy atom. The summed E-state index contributed by atoms with van der Waals surface area (Å²) in [4.78, 5) is 10.4. The van der Waals surface area contributed by atoms with E-state index in [1.807, 2.05) is 6.92 Å². The molecule has 1 heterocycles. The molecule has 1 aliphatic rings. The number of benzene rings is 1. The van der Waals surface area contributed by atoms with Crippen LogP contribution in [0.5, 0.6) is 0 Å². The molecule has 5 nitrogen and oxygen atoms in total. The second-order valence-electron chi connectivity index (χ2n) is 4.98. The van der Waals surface area contributed by atoms with Gasteiger partial charge in [0.05, 0.1) is 15.5 Å². The minimum absolute atomic E-state index is 0.215. The molecule has 0 atom stereocenters. The first kappa shape index (κ1) is 14.2. The molecule has 1 aliphatic heterocycles. The van der Waals surface area contributed by atoms with Gasteiger partial charge in [0, 0.05) is 5.54 Å². The van der Waals surface area contributed by atoms with Crippen LogP contribution in [0.2, 0.25) is 0 Å². The summed E-state index contributed by atoms with van der Waals surface area (Å²) in [6, 6.07) is 2.37. The van der Waals surface area contributed by atoms with Crippen molar-refractivity contribution in [1.82, 2.24) is 5.32 Å². The van der Waals surface area contributed by atoms with Crippen molar-refractivity contribution in [1.29, 1.82) is 0 Å². The molecular formula is C12H15BrFN3O2. The fourth-order valence-corrected chi connectivity index (χ4v) is 2.56. The molecule has 19 heavy (non-hydrogen) atoms. The lowest BCUT2D eigenvalue weighted by Gasteiger charge is -2.35. The van der Waals surface area contributed by atoms with Crippen LogP contribution in [0.4, 0.5) is 15.8 Å². The first-order chi connectivity index (χ1) is 8.91. The Bertz CT molecular complexity index is 504. The lowest BCUT2D eigenvalue weighted by Crippen LogP contribution is -2.45. The summed E-state index contributed by atoms with van der Waals surface area (Å²) in [5, 5.41) is 17.4. The van der Waals surface area contributed by atoms with E-state index in [0.29, 0.717) is 5.69 Å². The molecule has 2 N–H and O–H groups in total. The van der Waals surface area contributed by atoms with Crippen LogP contribution in [0.15, 0.2) is 16.6 Å². The van der Waals surface area contributed by atoms with Crippen molar-refractivity contribution in [3.05, 3.63) is 32.5 Å². The monoisotopic (exact) mass is 331 g/mol. The highest BCUT2D eigenvalue weighted by atomic mass is 79.9. The molecule has 0 amide bonds. The Morgan fingerprint density at radius 3 is 2.68 bits per heavy atom. The Kier molecular flexibility index (Phi) is 4.05. The van der Waals surface area contributed by atoms with Gasteiger partial charge in [0.15, 0.2) is 0 Å². The van der Waals surface area contributed by atoms with Gasteiger partial charge in [-0.25, -0.2) is 4.39 Å². The predicted octanol–water partition coefficient (Wildman–Crippen LogP) is 3.05. The first-order valence-electron chi connectivity index (χ1n) is 6.04. The second-order valence-corrected chi connectivity index (χ2v) is 5.83. The molecular weight excluding hydrogens is 317 g/mol. The van der Waals surface area contributed by atoms with Gasteiger partial charge in [0.1, 0.15) is 11.5 Å². The van der Waals surface area contributed by atoms with Gasteiger partial charge in [-0.15, -0.1) is 0 Å². The zero-order valence-electron chi connectivity index (χ0n) is 10.5. The van der Waals surface area contributed by atoms with Crippen molar-refractivity contribution in [3.8, 4) is 0 Å². The summed E-state index contributed by atoms with van der Waals surface area (Å²) in [5.41, 5.74) is -0.101. The van der Waals surface area contributed by atoms with Crippen LogP contribution >= 0.6 is 15.9 Å². The van der Waals surface area contributed by atoms with Crippen LogP contribution < -0.4 is 10.6 Å². The van der Waals surface area contributed by atoms with Crippen LogP contribution in [0.25, 0.3) is 0 Å². The van der Waals surface area contributed by atoms with Gasteiger partial charge < -0.3 is 10.6 Å². The highest BCUT2D eigenvalue weighted by Crippen LogP contribution is 2.34. The van der Waals surface area contributed by atoms with E-state index in [9.17, 15) is 14.5 Å². The maximum Gasteiger partial charge on any atom is 0.295 e. The van der Waals surface area contributed by atoms with E-state index in [4.69, 9.17) is 0 Å². The summed E-state index contributed by atoms with van der Waals surface area (Å²) in [7, 11) is 0. The average molecular weight is 332 g/mol. The summed E-state index contributed by atoms with van der Waals surface area (Å²) in [6.45, 7) is 3.74. The molecule has 0 aliphatic carbocycles. The van der Waals surface area contributed by atoms with Crippen molar-refractivity contribution < 1.29 is 9.31 Å². The van der Waals surface area contributed by atoms with Gasteiger partial charge in [-0.1, -0.05) is 0 Å². The van der Waals surface area contributed by atoms with Gasteiger partial charge in [0.2, 0.25) is 0 Å². The van der Waals surface area contributed by atoms with Crippen molar-refractivity contribution in [2.45, 2.75) is 25.3 Å². The molecule has 1 fully saturated rings. The van der Waals surface area contributed by atoms with Crippen LogP contribution in [-0.2, 0) is 0 Å². The Hall–Kier alpha value is -1.21. The van der Waals surface area contributed by atoms with Crippen molar-refractivity contribution in [3.63, 3.8) is 0 Å². The van der Waals surface area contributed by atoms with Crippen molar-refractivity contribution in [2.24, 2.45) is 0 Å². The molecule has 1 saturated heterocycles. The maximum absolute atomic E-state index is 13.4. The average Bonchev–Trinajstić information content (AvgIpc) is 2.33. The van der Waals surface area contributed by atoms with Crippen LogP contribution in [0.1, 0.15) is 19.8 Å². The fraction of sp³-hybridized carbons (Fsp3) is 0.500. The zero-order chi connectivity index (χ0) is 14.0. The molecule has 104 valence electrons. The van der Waals surface area contributed by atoms with Crippen LogP contribution in [0.3, 0.4) is 0 Å². The maximum atomic E-state index is 13.4. The summed E-state index contributed by atoms with van der Waals surface area (Å²) in [5.74, 6) is -0.632. The third-order valence-corrected chi connectivity index (χ3v) is 3.99. The zero-order valence-corrected chi connectivity index (χ0v) is 12.1. The van der Waals surface area contributed by atoms with E-state index in [0.717, 1.165) is 32.0 Å².